The molecule has 1 saturated heterocycles. The van der Waals surface area contributed by atoms with Gasteiger partial charge in [0.1, 0.15) is 11.3 Å². The molecule has 3 aromatic carbocycles. The molecule has 34 heavy (non-hydrogen) atoms. The number of rotatable bonds is 7. The predicted molar refractivity (Wildman–Crippen MR) is 133 cm³/mol. The van der Waals surface area contributed by atoms with Gasteiger partial charge in [-0.15, -0.1) is 0 Å². The maximum absolute atomic E-state index is 11.7. The van der Waals surface area contributed by atoms with E-state index in [-0.39, 0.29) is 17.0 Å². The first kappa shape index (κ1) is 21.9. The normalized spacial score (nSPS) is 15.2. The molecule has 1 aliphatic heterocycles. The molecule has 0 spiro atoms. The van der Waals surface area contributed by atoms with Crippen LogP contribution in [0.15, 0.2) is 103 Å². The molecule has 4 aromatic rings. The number of hydrogen-bond acceptors (Lipinski definition) is 4. The quantitative estimate of drug-likeness (QED) is 0.404. The van der Waals surface area contributed by atoms with Crippen LogP contribution in [0.5, 0.6) is 11.6 Å². The number of amides is 1. The van der Waals surface area contributed by atoms with Gasteiger partial charge in [0.15, 0.2) is 0 Å². The van der Waals surface area contributed by atoms with E-state index in [1.807, 2.05) is 12.1 Å². The Hall–Kier alpha value is -3.96. The van der Waals surface area contributed by atoms with Crippen LogP contribution in [-0.4, -0.2) is 22.3 Å². The van der Waals surface area contributed by atoms with E-state index in [0.29, 0.717) is 5.75 Å². The molecule has 170 valence electrons. The largest absolute Gasteiger partial charge is 0.438 e. The smallest absolute Gasteiger partial charge is 0.254 e. The zero-order chi connectivity index (χ0) is 23.4. The van der Waals surface area contributed by atoms with E-state index in [2.05, 4.69) is 82.7 Å². The second-order valence-electron chi connectivity index (χ2n) is 8.58. The van der Waals surface area contributed by atoms with E-state index < -0.39 is 5.91 Å². The van der Waals surface area contributed by atoms with Crippen LogP contribution in [0.2, 0.25) is 0 Å². The van der Waals surface area contributed by atoms with Gasteiger partial charge in [-0.2, -0.15) is 0 Å². The Labute approximate surface area is 199 Å². The highest BCUT2D eigenvalue weighted by molar-refractivity contribution is 5.95. The molecule has 2 heterocycles. The van der Waals surface area contributed by atoms with Crippen LogP contribution < -0.4 is 10.5 Å². The Morgan fingerprint density at radius 3 is 2.15 bits per heavy atom. The highest BCUT2D eigenvalue weighted by Gasteiger charge is 2.43. The maximum atomic E-state index is 11.7. The summed E-state index contributed by atoms with van der Waals surface area (Å²) in [5.74, 6) is 0.269. The number of likely N-dealkylation sites (tertiary alicyclic amines) is 1. The predicted octanol–water partition coefficient (Wildman–Crippen LogP) is 5.51. The number of hydrogen-bond donors (Lipinski definition) is 1. The van der Waals surface area contributed by atoms with Crippen molar-refractivity contribution in [2.24, 2.45) is 5.73 Å². The van der Waals surface area contributed by atoms with Gasteiger partial charge < -0.3 is 10.5 Å². The summed E-state index contributed by atoms with van der Waals surface area (Å²) in [5, 5.41) is 0. The summed E-state index contributed by atoms with van der Waals surface area (Å²) in [6.07, 6.45) is 3.80. The molecule has 2 N–H and O–H groups in total. The summed E-state index contributed by atoms with van der Waals surface area (Å²) in [6, 6.07) is 32.9. The first-order chi connectivity index (χ1) is 16.7. The molecule has 0 radical (unpaired) electrons. The Morgan fingerprint density at radius 1 is 0.882 bits per heavy atom. The molecule has 1 aliphatic rings. The SMILES string of the molecule is NC(=O)c1cccnc1Oc1ccc(CN2CCCC2(c2ccccc2)c2ccccc2)cc1. The van der Waals surface area contributed by atoms with E-state index in [9.17, 15) is 4.79 Å². The van der Waals surface area contributed by atoms with Crippen molar-refractivity contribution in [1.29, 1.82) is 0 Å². The number of ether oxygens (including phenoxy) is 1. The van der Waals surface area contributed by atoms with Crippen LogP contribution >= 0.6 is 0 Å². The molecule has 0 atom stereocenters. The van der Waals surface area contributed by atoms with Gasteiger partial charge in [-0.05, 0) is 60.3 Å². The molecule has 0 bridgehead atoms. The monoisotopic (exact) mass is 449 g/mol. The Bertz CT molecular complexity index is 1220. The molecule has 1 fully saturated rings. The zero-order valence-corrected chi connectivity index (χ0v) is 18.9. The van der Waals surface area contributed by atoms with Crippen LogP contribution in [0.4, 0.5) is 0 Å². The fraction of sp³-hybridized carbons (Fsp3) is 0.172. The number of primary amides is 1. The first-order valence-electron chi connectivity index (χ1n) is 11.5. The second-order valence-corrected chi connectivity index (χ2v) is 8.58. The Balaban J connectivity index is 1.41. The van der Waals surface area contributed by atoms with Crippen molar-refractivity contribution in [2.45, 2.75) is 24.9 Å². The molecule has 0 unspecified atom stereocenters. The van der Waals surface area contributed by atoms with Crippen LogP contribution in [0, 0.1) is 0 Å². The van der Waals surface area contributed by atoms with Crippen molar-refractivity contribution >= 4 is 5.91 Å². The number of pyridine rings is 1. The maximum Gasteiger partial charge on any atom is 0.254 e. The lowest BCUT2D eigenvalue weighted by atomic mass is 9.80. The average molecular weight is 450 g/mol. The lowest BCUT2D eigenvalue weighted by Gasteiger charge is -2.40. The van der Waals surface area contributed by atoms with E-state index in [0.717, 1.165) is 25.9 Å². The number of carbonyl (C=O) groups excluding carboxylic acids is 1. The minimum absolute atomic E-state index is 0.151. The minimum Gasteiger partial charge on any atom is -0.438 e. The zero-order valence-electron chi connectivity index (χ0n) is 18.9. The van der Waals surface area contributed by atoms with Gasteiger partial charge in [0, 0.05) is 12.7 Å². The van der Waals surface area contributed by atoms with Gasteiger partial charge in [0.2, 0.25) is 5.88 Å². The summed E-state index contributed by atoms with van der Waals surface area (Å²) >= 11 is 0. The third-order valence-corrected chi connectivity index (χ3v) is 6.56. The fourth-order valence-electron chi connectivity index (χ4n) is 4.99. The number of nitrogens with two attached hydrogens (primary N) is 1. The number of carbonyl (C=O) groups is 1. The average Bonchev–Trinajstić information content (AvgIpc) is 3.31. The van der Waals surface area contributed by atoms with Crippen molar-refractivity contribution in [3.05, 3.63) is 126 Å². The molecule has 0 saturated carbocycles. The van der Waals surface area contributed by atoms with E-state index in [1.54, 1.807) is 18.3 Å². The van der Waals surface area contributed by atoms with Crippen LogP contribution in [0.1, 0.15) is 39.9 Å². The Morgan fingerprint density at radius 2 is 1.53 bits per heavy atom. The molecule has 5 heteroatoms. The highest BCUT2D eigenvalue weighted by atomic mass is 16.5. The van der Waals surface area contributed by atoms with Crippen LogP contribution in [0.3, 0.4) is 0 Å². The van der Waals surface area contributed by atoms with Crippen LogP contribution in [0.25, 0.3) is 0 Å². The number of aromatic nitrogens is 1. The molecule has 1 amide bonds. The molecule has 5 rings (SSSR count). The molecule has 1 aromatic heterocycles. The summed E-state index contributed by atoms with van der Waals surface area (Å²) in [5.41, 5.74) is 9.40. The van der Waals surface area contributed by atoms with Gasteiger partial charge in [-0.25, -0.2) is 4.98 Å². The summed E-state index contributed by atoms with van der Waals surface area (Å²) in [7, 11) is 0. The van der Waals surface area contributed by atoms with Gasteiger partial charge in [0.25, 0.3) is 5.91 Å². The number of nitrogens with zero attached hydrogens (tertiary/aromatic N) is 2. The van der Waals surface area contributed by atoms with Crippen molar-refractivity contribution in [3.63, 3.8) is 0 Å². The van der Waals surface area contributed by atoms with Crippen molar-refractivity contribution in [2.75, 3.05) is 6.54 Å². The molecule has 0 aliphatic carbocycles. The second kappa shape index (κ2) is 9.49. The minimum atomic E-state index is -0.563. The van der Waals surface area contributed by atoms with E-state index in [1.165, 1.54) is 16.7 Å². The first-order valence-corrected chi connectivity index (χ1v) is 11.5. The summed E-state index contributed by atoms with van der Waals surface area (Å²) in [4.78, 5) is 18.4. The standard InChI is InChI=1S/C29H27N3O2/c30-27(33)26-13-7-19-31-28(26)34-25-16-14-22(15-17-25)21-32-20-8-18-29(32,23-9-3-1-4-10-23)24-11-5-2-6-12-24/h1-7,9-17,19H,8,18,20-21H2,(H2,30,33). The van der Waals surface area contributed by atoms with Gasteiger partial charge in [-0.1, -0.05) is 72.8 Å². The van der Waals surface area contributed by atoms with Crippen molar-refractivity contribution < 1.29 is 9.53 Å². The third-order valence-electron chi connectivity index (χ3n) is 6.56. The molecule has 5 nitrogen and oxygen atoms in total. The van der Waals surface area contributed by atoms with Crippen molar-refractivity contribution in [3.8, 4) is 11.6 Å². The summed E-state index contributed by atoms with van der Waals surface area (Å²) < 4.78 is 5.85. The lowest BCUT2D eigenvalue weighted by molar-refractivity contribution is 0.0997. The van der Waals surface area contributed by atoms with Crippen LogP contribution in [-0.2, 0) is 12.1 Å². The Kier molecular flexibility index (Phi) is 6.11. The van der Waals surface area contributed by atoms with Gasteiger partial charge in [-0.3, -0.25) is 9.69 Å². The number of benzene rings is 3. The molecular weight excluding hydrogens is 422 g/mol. The molecular formula is C29H27N3O2. The van der Waals surface area contributed by atoms with Crippen molar-refractivity contribution in [1.82, 2.24) is 9.88 Å². The summed E-state index contributed by atoms with van der Waals surface area (Å²) in [6.45, 7) is 1.85. The van der Waals surface area contributed by atoms with Gasteiger partial charge in [0.05, 0.1) is 5.54 Å². The van der Waals surface area contributed by atoms with Gasteiger partial charge >= 0.3 is 0 Å². The fourth-order valence-corrected chi connectivity index (χ4v) is 4.99. The third kappa shape index (κ3) is 4.18. The highest BCUT2D eigenvalue weighted by Crippen LogP contribution is 2.45. The topological polar surface area (TPSA) is 68.5 Å². The lowest BCUT2D eigenvalue weighted by Crippen LogP contribution is -2.41. The van der Waals surface area contributed by atoms with E-state index in [4.69, 9.17) is 10.5 Å². The van der Waals surface area contributed by atoms with E-state index >= 15 is 0 Å².